The molecule has 126 valence electrons. The normalized spacial score (nSPS) is 12.8. The lowest BCUT2D eigenvalue weighted by atomic mass is 10.1. The first-order valence-corrected chi connectivity index (χ1v) is 8.36. The van der Waals surface area contributed by atoms with Crippen LogP contribution in [0.2, 0.25) is 0 Å². The Labute approximate surface area is 148 Å². The van der Waals surface area contributed by atoms with Crippen molar-refractivity contribution in [1.82, 2.24) is 5.32 Å². The van der Waals surface area contributed by atoms with Crippen molar-refractivity contribution in [2.75, 3.05) is 0 Å². The maximum absolute atomic E-state index is 12.9. The van der Waals surface area contributed by atoms with Crippen molar-refractivity contribution in [1.29, 1.82) is 0 Å². The molecule has 0 aromatic heterocycles. The van der Waals surface area contributed by atoms with Crippen molar-refractivity contribution in [2.45, 2.75) is 19.1 Å². The van der Waals surface area contributed by atoms with Crippen LogP contribution in [0.1, 0.15) is 30.2 Å². The second-order valence-electron chi connectivity index (χ2n) is 5.86. The molecule has 0 fully saturated rings. The van der Waals surface area contributed by atoms with Crippen molar-refractivity contribution in [3.8, 4) is 5.75 Å². The van der Waals surface area contributed by atoms with Gasteiger partial charge in [0.05, 0.1) is 6.04 Å². The summed E-state index contributed by atoms with van der Waals surface area (Å²) in [5.74, 6) is 0.505. The Morgan fingerprint density at radius 3 is 1.80 bits per heavy atom. The zero-order chi connectivity index (χ0) is 17.5. The summed E-state index contributed by atoms with van der Waals surface area (Å²) >= 11 is 0. The molecule has 0 aliphatic heterocycles. The second-order valence-corrected chi connectivity index (χ2v) is 5.86. The molecule has 0 aliphatic carbocycles. The molecular formula is C22H21NO2. The Kier molecular flexibility index (Phi) is 5.47. The molecule has 1 N–H and O–H groups in total. The minimum absolute atomic E-state index is 0.0979. The van der Waals surface area contributed by atoms with Gasteiger partial charge in [-0.25, -0.2) is 0 Å². The summed E-state index contributed by atoms with van der Waals surface area (Å²) in [5.41, 5.74) is 1.88. The van der Waals surface area contributed by atoms with Gasteiger partial charge in [-0.15, -0.1) is 0 Å². The van der Waals surface area contributed by atoms with Crippen molar-refractivity contribution in [3.63, 3.8) is 0 Å². The van der Waals surface area contributed by atoms with E-state index in [0.717, 1.165) is 11.1 Å². The quantitative estimate of drug-likeness (QED) is 0.712. The molecule has 3 aromatic carbocycles. The highest BCUT2D eigenvalue weighted by molar-refractivity contribution is 5.83. The summed E-state index contributed by atoms with van der Waals surface area (Å²) < 4.78 is 5.99. The van der Waals surface area contributed by atoms with Gasteiger partial charge < -0.3 is 10.1 Å². The zero-order valence-electron chi connectivity index (χ0n) is 14.1. The molecule has 0 saturated carbocycles. The average molecular weight is 331 g/mol. The van der Waals surface area contributed by atoms with Gasteiger partial charge >= 0.3 is 0 Å². The maximum atomic E-state index is 12.9. The Balaban J connectivity index is 1.80. The number of carbonyl (C=O) groups is 1. The number of hydrogen-bond acceptors (Lipinski definition) is 2. The molecule has 3 heteroatoms. The maximum Gasteiger partial charge on any atom is 0.266 e. The monoisotopic (exact) mass is 331 g/mol. The van der Waals surface area contributed by atoms with E-state index in [0.29, 0.717) is 5.75 Å². The summed E-state index contributed by atoms with van der Waals surface area (Å²) in [5, 5.41) is 3.05. The highest BCUT2D eigenvalue weighted by atomic mass is 16.5. The third kappa shape index (κ3) is 4.48. The smallest absolute Gasteiger partial charge is 0.266 e. The van der Waals surface area contributed by atoms with Crippen LogP contribution >= 0.6 is 0 Å². The number of ether oxygens (including phenoxy) is 1. The van der Waals surface area contributed by atoms with Crippen molar-refractivity contribution in [3.05, 3.63) is 102 Å². The molecule has 1 amide bonds. The number of para-hydroxylation sites is 1. The van der Waals surface area contributed by atoms with Crippen molar-refractivity contribution < 1.29 is 9.53 Å². The van der Waals surface area contributed by atoms with E-state index >= 15 is 0 Å². The van der Waals surface area contributed by atoms with E-state index in [-0.39, 0.29) is 11.9 Å². The standard InChI is InChI=1S/C22H21NO2/c1-17(18-11-5-2-6-12-18)23-22(24)21(19-13-7-3-8-14-19)25-20-15-9-4-10-16-20/h2-17,21H,1H3,(H,23,24). The largest absolute Gasteiger partial charge is 0.476 e. The van der Waals surface area contributed by atoms with Crippen LogP contribution in [0.3, 0.4) is 0 Å². The van der Waals surface area contributed by atoms with E-state index in [9.17, 15) is 4.79 Å². The molecule has 2 atom stereocenters. The van der Waals surface area contributed by atoms with Crippen LogP contribution in [-0.4, -0.2) is 5.91 Å². The van der Waals surface area contributed by atoms with Gasteiger partial charge in [-0.3, -0.25) is 4.79 Å². The highest BCUT2D eigenvalue weighted by Gasteiger charge is 2.24. The predicted octanol–water partition coefficient (Wildman–Crippen LogP) is 4.68. The van der Waals surface area contributed by atoms with Crippen LogP contribution in [-0.2, 0) is 4.79 Å². The first-order valence-electron chi connectivity index (χ1n) is 8.36. The molecule has 25 heavy (non-hydrogen) atoms. The lowest BCUT2D eigenvalue weighted by Gasteiger charge is -2.22. The molecule has 2 unspecified atom stereocenters. The molecule has 0 radical (unpaired) electrons. The highest BCUT2D eigenvalue weighted by Crippen LogP contribution is 2.23. The summed E-state index contributed by atoms with van der Waals surface area (Å²) in [6, 6.07) is 28.7. The van der Waals surface area contributed by atoms with E-state index in [1.165, 1.54) is 0 Å². The minimum Gasteiger partial charge on any atom is -0.476 e. The topological polar surface area (TPSA) is 38.3 Å². The predicted molar refractivity (Wildman–Crippen MR) is 99.3 cm³/mol. The van der Waals surface area contributed by atoms with Crippen LogP contribution in [0.25, 0.3) is 0 Å². The van der Waals surface area contributed by atoms with Crippen LogP contribution in [0.4, 0.5) is 0 Å². The molecule has 3 nitrogen and oxygen atoms in total. The lowest BCUT2D eigenvalue weighted by molar-refractivity contribution is -0.129. The molecule has 3 rings (SSSR count). The zero-order valence-corrected chi connectivity index (χ0v) is 14.1. The van der Waals surface area contributed by atoms with Gasteiger partial charge in [0, 0.05) is 5.56 Å². The van der Waals surface area contributed by atoms with Crippen LogP contribution in [0.5, 0.6) is 5.75 Å². The molecule has 0 bridgehead atoms. The Bertz CT molecular complexity index is 788. The van der Waals surface area contributed by atoms with E-state index in [4.69, 9.17) is 4.74 Å². The summed E-state index contributed by atoms with van der Waals surface area (Å²) in [4.78, 5) is 12.9. The van der Waals surface area contributed by atoms with Gasteiger partial charge in [0.25, 0.3) is 5.91 Å². The lowest BCUT2D eigenvalue weighted by Crippen LogP contribution is -2.34. The van der Waals surface area contributed by atoms with Gasteiger partial charge in [0.2, 0.25) is 6.10 Å². The Hall–Kier alpha value is -3.07. The first kappa shape index (κ1) is 16.8. The first-order chi connectivity index (χ1) is 12.2. The summed E-state index contributed by atoms with van der Waals surface area (Å²) in [6.07, 6.45) is -0.699. The van der Waals surface area contributed by atoms with Crippen LogP contribution in [0.15, 0.2) is 91.0 Å². The number of carbonyl (C=O) groups excluding carboxylic acids is 1. The molecule has 0 aliphatic rings. The van der Waals surface area contributed by atoms with E-state index in [2.05, 4.69) is 5.32 Å². The second kappa shape index (κ2) is 8.15. The van der Waals surface area contributed by atoms with E-state index in [1.54, 1.807) is 0 Å². The van der Waals surface area contributed by atoms with Gasteiger partial charge in [0.1, 0.15) is 5.75 Å². The van der Waals surface area contributed by atoms with Crippen LogP contribution in [0, 0.1) is 0 Å². The fourth-order valence-corrected chi connectivity index (χ4v) is 2.65. The third-order valence-electron chi connectivity index (χ3n) is 4.00. The number of nitrogens with one attached hydrogen (secondary N) is 1. The molecule has 0 spiro atoms. The van der Waals surface area contributed by atoms with Gasteiger partial charge in [-0.2, -0.15) is 0 Å². The van der Waals surface area contributed by atoms with Gasteiger partial charge in [0.15, 0.2) is 0 Å². The Morgan fingerprint density at radius 2 is 1.24 bits per heavy atom. The SMILES string of the molecule is CC(NC(=O)C(Oc1ccccc1)c1ccccc1)c1ccccc1. The number of amides is 1. The molecule has 0 heterocycles. The number of rotatable bonds is 6. The average Bonchev–Trinajstić information content (AvgIpc) is 2.68. The molecular weight excluding hydrogens is 310 g/mol. The minimum atomic E-state index is -0.699. The van der Waals surface area contributed by atoms with E-state index in [1.807, 2.05) is 97.9 Å². The summed E-state index contributed by atoms with van der Waals surface area (Å²) in [7, 11) is 0. The van der Waals surface area contributed by atoms with Gasteiger partial charge in [-0.05, 0) is 24.6 Å². The van der Waals surface area contributed by atoms with Crippen molar-refractivity contribution >= 4 is 5.91 Å². The number of benzene rings is 3. The summed E-state index contributed by atoms with van der Waals surface area (Å²) in [6.45, 7) is 1.97. The third-order valence-corrected chi connectivity index (χ3v) is 4.00. The van der Waals surface area contributed by atoms with E-state index < -0.39 is 6.10 Å². The van der Waals surface area contributed by atoms with Crippen molar-refractivity contribution in [2.24, 2.45) is 0 Å². The Morgan fingerprint density at radius 1 is 0.760 bits per heavy atom. The fourth-order valence-electron chi connectivity index (χ4n) is 2.65. The number of hydrogen-bond donors (Lipinski definition) is 1. The molecule has 0 saturated heterocycles. The van der Waals surface area contributed by atoms with Gasteiger partial charge in [-0.1, -0.05) is 78.9 Å². The molecule has 3 aromatic rings. The van der Waals surface area contributed by atoms with Crippen LogP contribution < -0.4 is 10.1 Å². The fraction of sp³-hybridized carbons (Fsp3) is 0.136.